The second-order valence-corrected chi connectivity index (χ2v) is 6.80. The van der Waals surface area contributed by atoms with E-state index in [9.17, 15) is 9.59 Å². The second-order valence-electron chi connectivity index (χ2n) is 6.80. The van der Waals surface area contributed by atoms with Crippen LogP contribution in [-0.4, -0.2) is 32.3 Å². The van der Waals surface area contributed by atoms with Gasteiger partial charge in [0, 0.05) is 12.1 Å². The van der Waals surface area contributed by atoms with Crippen molar-refractivity contribution in [2.24, 2.45) is 11.3 Å². The van der Waals surface area contributed by atoms with E-state index in [1.807, 2.05) is 13.8 Å². The normalized spacial score (nSPS) is 24.2. The van der Waals surface area contributed by atoms with E-state index < -0.39 is 23.6 Å². The average Bonchev–Trinajstić information content (AvgIpc) is 2.67. The van der Waals surface area contributed by atoms with Crippen LogP contribution in [0, 0.1) is 11.3 Å². The van der Waals surface area contributed by atoms with Gasteiger partial charge in [-0.15, -0.1) is 0 Å². The molecule has 0 spiro atoms. The van der Waals surface area contributed by atoms with Gasteiger partial charge in [-0.25, -0.2) is 14.3 Å². The number of carboxylic acid groups (broad SMARTS) is 1. The predicted molar refractivity (Wildman–Crippen MR) is 71.5 cm³/mol. The third-order valence-corrected chi connectivity index (χ3v) is 3.62. The topological polar surface area (TPSA) is 81.4 Å². The molecule has 6 nitrogen and oxygen atoms in total. The van der Waals surface area contributed by atoms with Crippen LogP contribution in [0.1, 0.15) is 46.2 Å². The van der Waals surface area contributed by atoms with E-state index in [4.69, 9.17) is 9.84 Å². The first-order valence-electron chi connectivity index (χ1n) is 6.54. The molecule has 0 amide bonds. The van der Waals surface area contributed by atoms with Gasteiger partial charge in [0.15, 0.2) is 0 Å². The maximum atomic E-state index is 11.9. The van der Waals surface area contributed by atoms with Crippen LogP contribution in [0.15, 0.2) is 12.5 Å². The Hall–Kier alpha value is -1.85. The van der Waals surface area contributed by atoms with Crippen molar-refractivity contribution in [3.63, 3.8) is 0 Å². The number of aliphatic carboxylic acids is 1. The van der Waals surface area contributed by atoms with E-state index in [0.29, 0.717) is 5.69 Å². The van der Waals surface area contributed by atoms with Crippen LogP contribution in [0.3, 0.4) is 0 Å². The zero-order valence-electron chi connectivity index (χ0n) is 12.4. The maximum absolute atomic E-state index is 11.9. The Morgan fingerprint density at radius 2 is 2.00 bits per heavy atom. The van der Waals surface area contributed by atoms with E-state index in [0.717, 1.165) is 0 Å². The summed E-state index contributed by atoms with van der Waals surface area (Å²) >= 11 is 0. The van der Waals surface area contributed by atoms with E-state index >= 15 is 0 Å². The molecule has 0 aliphatic heterocycles. The van der Waals surface area contributed by atoms with Gasteiger partial charge in [-0.05, 0) is 26.2 Å². The number of imidazole rings is 1. The quantitative estimate of drug-likeness (QED) is 0.900. The van der Waals surface area contributed by atoms with Gasteiger partial charge in [-0.2, -0.15) is 0 Å². The number of carbonyl (C=O) groups is 2. The van der Waals surface area contributed by atoms with E-state index in [1.165, 1.54) is 10.9 Å². The van der Waals surface area contributed by atoms with Crippen molar-refractivity contribution in [1.29, 1.82) is 0 Å². The van der Waals surface area contributed by atoms with Crippen LogP contribution in [0.4, 0.5) is 4.79 Å². The first-order valence-corrected chi connectivity index (χ1v) is 6.54. The first-order chi connectivity index (χ1) is 9.04. The lowest BCUT2D eigenvalue weighted by Gasteiger charge is -2.19. The lowest BCUT2D eigenvalue weighted by atomic mass is 10.1. The molecule has 6 heteroatoms. The summed E-state index contributed by atoms with van der Waals surface area (Å²) in [6.07, 6.45) is 2.42. The molecule has 0 radical (unpaired) electrons. The molecule has 1 aromatic rings. The highest BCUT2D eigenvalue weighted by Crippen LogP contribution is 2.63. The lowest BCUT2D eigenvalue weighted by Crippen LogP contribution is -2.26. The van der Waals surface area contributed by atoms with Crippen molar-refractivity contribution in [2.75, 3.05) is 0 Å². The largest absolute Gasteiger partial charge is 0.481 e. The molecule has 20 heavy (non-hydrogen) atoms. The van der Waals surface area contributed by atoms with Gasteiger partial charge in [0.25, 0.3) is 0 Å². The van der Waals surface area contributed by atoms with E-state index in [-0.39, 0.29) is 11.3 Å². The van der Waals surface area contributed by atoms with Gasteiger partial charge in [0.05, 0.1) is 11.6 Å². The Balaban J connectivity index is 2.15. The highest BCUT2D eigenvalue weighted by atomic mass is 16.6. The molecule has 0 aromatic carbocycles. The summed E-state index contributed by atoms with van der Waals surface area (Å²) in [6, 6.07) is 0. The van der Waals surface area contributed by atoms with Gasteiger partial charge in [0.1, 0.15) is 11.9 Å². The van der Waals surface area contributed by atoms with Gasteiger partial charge in [-0.1, -0.05) is 13.8 Å². The molecule has 0 unspecified atom stereocenters. The summed E-state index contributed by atoms with van der Waals surface area (Å²) < 4.78 is 6.49. The van der Waals surface area contributed by atoms with Crippen LogP contribution in [-0.2, 0) is 9.53 Å². The molecule has 110 valence electrons. The number of rotatable bonds is 2. The molecular weight excluding hydrogens is 260 g/mol. The van der Waals surface area contributed by atoms with Crippen LogP contribution in [0.25, 0.3) is 0 Å². The third-order valence-electron chi connectivity index (χ3n) is 3.62. The molecule has 1 aliphatic rings. The minimum Gasteiger partial charge on any atom is -0.481 e. The number of hydrogen-bond acceptors (Lipinski definition) is 4. The summed E-state index contributed by atoms with van der Waals surface area (Å²) in [5, 5.41) is 9.16. The minimum atomic E-state index is -0.827. The van der Waals surface area contributed by atoms with Crippen molar-refractivity contribution in [2.45, 2.75) is 46.1 Å². The SMILES string of the molecule is CC(C)(C)OC(=O)n1cnc([C@H]2[C@H](C(=O)O)C2(C)C)c1. The molecule has 1 heterocycles. The predicted octanol–water partition coefficient (Wildman–Crippen LogP) is 2.49. The summed E-state index contributed by atoms with van der Waals surface area (Å²) in [6.45, 7) is 9.14. The molecule has 0 saturated heterocycles. The Morgan fingerprint density at radius 1 is 1.40 bits per heavy atom. The van der Waals surface area contributed by atoms with Gasteiger partial charge >= 0.3 is 12.1 Å². The summed E-state index contributed by atoms with van der Waals surface area (Å²) in [4.78, 5) is 27.2. The van der Waals surface area contributed by atoms with Crippen molar-refractivity contribution in [3.05, 3.63) is 18.2 Å². The standard InChI is InChI=1S/C14H20N2O4/c1-13(2,3)20-12(19)16-6-8(15-7-16)9-10(11(17)18)14(9,4)5/h6-7,9-10H,1-5H3,(H,17,18)/t9-,10+/m0/s1. The lowest BCUT2D eigenvalue weighted by molar-refractivity contribution is -0.139. The highest BCUT2D eigenvalue weighted by molar-refractivity contribution is 5.77. The summed E-state index contributed by atoms with van der Waals surface area (Å²) in [5.41, 5.74) is -0.295. The first kappa shape index (κ1) is 14.6. The van der Waals surface area contributed by atoms with Crippen molar-refractivity contribution < 1.29 is 19.4 Å². The zero-order chi connectivity index (χ0) is 15.3. The van der Waals surface area contributed by atoms with Crippen molar-refractivity contribution in [3.8, 4) is 0 Å². The maximum Gasteiger partial charge on any atom is 0.419 e. The number of ether oxygens (including phenoxy) is 1. The zero-order valence-corrected chi connectivity index (χ0v) is 12.4. The van der Waals surface area contributed by atoms with Crippen LogP contribution in [0.2, 0.25) is 0 Å². The number of aromatic nitrogens is 2. The van der Waals surface area contributed by atoms with Crippen molar-refractivity contribution in [1.82, 2.24) is 9.55 Å². The second kappa shape index (κ2) is 4.33. The number of nitrogens with zero attached hydrogens (tertiary/aromatic N) is 2. The fourth-order valence-electron chi connectivity index (χ4n) is 2.56. The minimum absolute atomic E-state index is 0.163. The highest BCUT2D eigenvalue weighted by Gasteiger charge is 2.63. The molecule has 1 saturated carbocycles. The summed E-state index contributed by atoms with van der Waals surface area (Å²) in [5.74, 6) is -1.44. The Morgan fingerprint density at radius 3 is 2.45 bits per heavy atom. The Bertz CT molecular complexity index is 554. The molecular formula is C14H20N2O4. The fraction of sp³-hybridized carbons (Fsp3) is 0.643. The molecule has 2 atom stereocenters. The summed E-state index contributed by atoms with van der Waals surface area (Å²) in [7, 11) is 0. The molecule has 1 aromatic heterocycles. The fourth-order valence-corrected chi connectivity index (χ4v) is 2.56. The number of hydrogen-bond donors (Lipinski definition) is 1. The van der Waals surface area contributed by atoms with Gasteiger partial charge in [0.2, 0.25) is 0 Å². The number of carbonyl (C=O) groups excluding carboxylic acids is 1. The average molecular weight is 280 g/mol. The Kier molecular flexibility index (Phi) is 3.15. The molecule has 1 fully saturated rings. The molecule has 1 N–H and O–H groups in total. The smallest absolute Gasteiger partial charge is 0.419 e. The third kappa shape index (κ3) is 2.55. The van der Waals surface area contributed by atoms with Gasteiger partial charge < -0.3 is 9.84 Å². The van der Waals surface area contributed by atoms with Crippen LogP contribution < -0.4 is 0 Å². The molecule has 2 rings (SSSR count). The monoisotopic (exact) mass is 280 g/mol. The van der Waals surface area contributed by atoms with E-state index in [2.05, 4.69) is 4.98 Å². The molecule has 0 bridgehead atoms. The molecule has 1 aliphatic carbocycles. The number of carboxylic acids is 1. The van der Waals surface area contributed by atoms with E-state index in [1.54, 1.807) is 27.0 Å². The van der Waals surface area contributed by atoms with Crippen LogP contribution >= 0.6 is 0 Å². The Labute approximate surface area is 117 Å². The van der Waals surface area contributed by atoms with Crippen molar-refractivity contribution >= 4 is 12.1 Å². The van der Waals surface area contributed by atoms with Gasteiger partial charge in [-0.3, -0.25) is 4.79 Å². The van der Waals surface area contributed by atoms with Crippen LogP contribution in [0.5, 0.6) is 0 Å².